The van der Waals surface area contributed by atoms with Gasteiger partial charge < -0.3 is 19.7 Å². The summed E-state index contributed by atoms with van der Waals surface area (Å²) in [5.74, 6) is -3.55. The number of esters is 1. The highest BCUT2D eigenvalue weighted by atomic mass is 16.6. The molecule has 0 heterocycles. The van der Waals surface area contributed by atoms with E-state index in [4.69, 9.17) is 10.2 Å². The molecule has 14 heavy (non-hydrogen) atoms. The first kappa shape index (κ1) is 12.4. The van der Waals surface area contributed by atoms with Crippen molar-refractivity contribution in [1.29, 1.82) is 0 Å². The number of carbonyl (C=O) groups excluding carboxylic acids is 1. The van der Waals surface area contributed by atoms with Crippen LogP contribution in [0.1, 0.15) is 6.42 Å². The van der Waals surface area contributed by atoms with Gasteiger partial charge in [-0.2, -0.15) is 0 Å². The van der Waals surface area contributed by atoms with Crippen LogP contribution in [0.3, 0.4) is 0 Å². The molecule has 80 valence electrons. The van der Waals surface area contributed by atoms with E-state index in [1.807, 2.05) is 0 Å². The number of carboxylic acids is 2. The smallest absolute Gasteiger partial charge is 0.341 e. The minimum atomic E-state index is -1.32. The molecule has 1 unspecified atom stereocenters. The number of hydrogen-bond donors (Lipinski definition) is 2. The van der Waals surface area contributed by atoms with Crippen LogP contribution in [0, 0.1) is 0 Å². The number of methoxy groups -OCH3 is 1. The topological polar surface area (TPSA) is 110 Å². The molecule has 0 amide bonds. The fourth-order valence-electron chi connectivity index (χ4n) is 0.647. The van der Waals surface area contributed by atoms with Crippen LogP contribution in [0.4, 0.5) is 0 Å². The van der Waals surface area contributed by atoms with Gasteiger partial charge in [-0.1, -0.05) is 0 Å². The van der Waals surface area contributed by atoms with Crippen LogP contribution in [0.15, 0.2) is 0 Å². The van der Waals surface area contributed by atoms with Gasteiger partial charge in [0.15, 0.2) is 12.7 Å². The molecular formula is C7H10O7. The maximum absolute atomic E-state index is 10.9. The van der Waals surface area contributed by atoms with Crippen LogP contribution in [0.25, 0.3) is 0 Å². The fourth-order valence-corrected chi connectivity index (χ4v) is 0.647. The summed E-state index contributed by atoms with van der Waals surface area (Å²) in [4.78, 5) is 31.1. The quantitative estimate of drug-likeness (QED) is 0.542. The molecule has 0 aliphatic carbocycles. The number of carbonyl (C=O) groups is 3. The molecule has 0 fully saturated rings. The summed E-state index contributed by atoms with van der Waals surface area (Å²) >= 11 is 0. The first-order valence-corrected chi connectivity index (χ1v) is 3.60. The van der Waals surface area contributed by atoms with Crippen LogP contribution in [-0.4, -0.2) is 47.9 Å². The zero-order valence-corrected chi connectivity index (χ0v) is 7.43. The van der Waals surface area contributed by atoms with Gasteiger partial charge in [0.2, 0.25) is 0 Å². The molecule has 0 saturated heterocycles. The number of carboxylic acid groups (broad SMARTS) is 2. The second kappa shape index (κ2) is 5.92. The standard InChI is InChI=1S/C7H10O7/c1-13-4(2-5(8)9)7(12)14-3-6(10)11/h4H,2-3H2,1H3,(H,8,9)(H,10,11). The minimum Gasteiger partial charge on any atom is -0.481 e. The van der Waals surface area contributed by atoms with Crippen LogP contribution >= 0.6 is 0 Å². The van der Waals surface area contributed by atoms with E-state index in [2.05, 4.69) is 9.47 Å². The third-order valence-electron chi connectivity index (χ3n) is 1.25. The zero-order valence-electron chi connectivity index (χ0n) is 7.43. The molecule has 1 atom stereocenters. The van der Waals surface area contributed by atoms with Gasteiger partial charge in [0.25, 0.3) is 0 Å². The SMILES string of the molecule is COC(CC(=O)O)C(=O)OCC(=O)O. The van der Waals surface area contributed by atoms with Gasteiger partial charge in [0, 0.05) is 7.11 Å². The maximum Gasteiger partial charge on any atom is 0.341 e. The van der Waals surface area contributed by atoms with E-state index in [0.717, 1.165) is 7.11 Å². The van der Waals surface area contributed by atoms with Crippen molar-refractivity contribution < 1.29 is 34.1 Å². The van der Waals surface area contributed by atoms with Gasteiger partial charge in [-0.05, 0) is 0 Å². The van der Waals surface area contributed by atoms with Gasteiger partial charge >= 0.3 is 17.9 Å². The summed E-state index contributed by atoms with van der Waals surface area (Å²) in [7, 11) is 1.13. The van der Waals surface area contributed by atoms with Crippen molar-refractivity contribution >= 4 is 17.9 Å². The molecule has 0 radical (unpaired) electrons. The van der Waals surface area contributed by atoms with E-state index in [1.54, 1.807) is 0 Å². The summed E-state index contributed by atoms with van der Waals surface area (Å²) in [6, 6.07) is 0. The Labute approximate surface area is 79.2 Å². The Morgan fingerprint density at radius 1 is 1.21 bits per heavy atom. The summed E-state index contributed by atoms with van der Waals surface area (Å²) in [6.07, 6.45) is -1.83. The van der Waals surface area contributed by atoms with Crippen LogP contribution in [-0.2, 0) is 23.9 Å². The van der Waals surface area contributed by atoms with Crippen molar-refractivity contribution in [1.82, 2.24) is 0 Å². The Hall–Kier alpha value is -1.63. The average molecular weight is 206 g/mol. The molecule has 0 aromatic rings. The van der Waals surface area contributed by atoms with E-state index in [-0.39, 0.29) is 0 Å². The molecule has 0 saturated carbocycles. The third kappa shape index (κ3) is 5.09. The second-order valence-corrected chi connectivity index (χ2v) is 2.32. The first-order chi connectivity index (χ1) is 6.47. The summed E-state index contributed by atoms with van der Waals surface area (Å²) in [5, 5.41) is 16.5. The van der Waals surface area contributed by atoms with Crippen molar-refractivity contribution in [2.45, 2.75) is 12.5 Å². The predicted molar refractivity (Wildman–Crippen MR) is 41.6 cm³/mol. The lowest BCUT2D eigenvalue weighted by atomic mass is 10.2. The summed E-state index contributed by atoms with van der Waals surface area (Å²) in [5.41, 5.74) is 0. The van der Waals surface area contributed by atoms with Gasteiger partial charge in [-0.3, -0.25) is 4.79 Å². The van der Waals surface area contributed by atoms with E-state index in [9.17, 15) is 14.4 Å². The summed E-state index contributed by atoms with van der Waals surface area (Å²) in [6.45, 7) is -0.807. The highest BCUT2D eigenvalue weighted by Crippen LogP contribution is 2.00. The second-order valence-electron chi connectivity index (χ2n) is 2.32. The lowest BCUT2D eigenvalue weighted by Crippen LogP contribution is -2.29. The lowest BCUT2D eigenvalue weighted by molar-refractivity contribution is -0.165. The molecule has 0 spiro atoms. The Balaban J connectivity index is 4.04. The molecular weight excluding hydrogens is 196 g/mol. The number of rotatable bonds is 6. The van der Waals surface area contributed by atoms with E-state index in [1.165, 1.54) is 0 Å². The van der Waals surface area contributed by atoms with Crippen molar-refractivity contribution in [3.8, 4) is 0 Å². The molecule has 7 heteroatoms. The van der Waals surface area contributed by atoms with E-state index < -0.39 is 37.0 Å². The third-order valence-corrected chi connectivity index (χ3v) is 1.25. The molecule has 7 nitrogen and oxygen atoms in total. The number of aliphatic carboxylic acids is 2. The molecule has 0 aromatic heterocycles. The van der Waals surface area contributed by atoms with Crippen molar-refractivity contribution in [3.63, 3.8) is 0 Å². The first-order valence-electron chi connectivity index (χ1n) is 3.60. The van der Waals surface area contributed by atoms with Crippen molar-refractivity contribution in [3.05, 3.63) is 0 Å². The van der Waals surface area contributed by atoms with Crippen LogP contribution in [0.2, 0.25) is 0 Å². The highest BCUT2D eigenvalue weighted by molar-refractivity contribution is 5.82. The molecule has 0 aliphatic heterocycles. The maximum atomic E-state index is 10.9. The number of ether oxygens (including phenoxy) is 2. The molecule has 0 rings (SSSR count). The summed E-state index contributed by atoms with van der Waals surface area (Å²) < 4.78 is 8.74. The largest absolute Gasteiger partial charge is 0.481 e. The van der Waals surface area contributed by atoms with Gasteiger partial charge in [0.05, 0.1) is 6.42 Å². The molecule has 0 bridgehead atoms. The molecule has 0 aliphatic rings. The van der Waals surface area contributed by atoms with Gasteiger partial charge in [-0.25, -0.2) is 9.59 Å². The Morgan fingerprint density at radius 2 is 1.79 bits per heavy atom. The van der Waals surface area contributed by atoms with Crippen LogP contribution in [0.5, 0.6) is 0 Å². The lowest BCUT2D eigenvalue weighted by Gasteiger charge is -2.10. The van der Waals surface area contributed by atoms with E-state index in [0.29, 0.717) is 0 Å². The zero-order chi connectivity index (χ0) is 11.1. The monoisotopic (exact) mass is 206 g/mol. The van der Waals surface area contributed by atoms with Gasteiger partial charge in [0.1, 0.15) is 0 Å². The fraction of sp³-hybridized carbons (Fsp3) is 0.571. The Morgan fingerprint density at radius 3 is 2.14 bits per heavy atom. The van der Waals surface area contributed by atoms with Crippen molar-refractivity contribution in [2.75, 3.05) is 13.7 Å². The average Bonchev–Trinajstić information content (AvgIpc) is 2.09. The number of hydrogen-bond acceptors (Lipinski definition) is 5. The molecule has 2 N–H and O–H groups in total. The predicted octanol–water partition coefficient (Wildman–Crippen LogP) is -0.896. The highest BCUT2D eigenvalue weighted by Gasteiger charge is 2.23. The Kier molecular flexibility index (Phi) is 5.23. The van der Waals surface area contributed by atoms with Gasteiger partial charge in [-0.15, -0.1) is 0 Å². The molecule has 0 aromatic carbocycles. The Bertz CT molecular complexity index is 234. The normalized spacial score (nSPS) is 11.8. The van der Waals surface area contributed by atoms with E-state index >= 15 is 0 Å². The minimum absolute atomic E-state index is 0.561. The van der Waals surface area contributed by atoms with Crippen LogP contribution < -0.4 is 0 Å². The van der Waals surface area contributed by atoms with Crippen molar-refractivity contribution in [2.24, 2.45) is 0 Å².